The smallest absolute Gasteiger partial charge is 0.336 e. The summed E-state index contributed by atoms with van der Waals surface area (Å²) in [4.78, 5) is 10.6. The maximum Gasteiger partial charge on any atom is 0.336 e. The van der Waals surface area contributed by atoms with Gasteiger partial charge in [0.2, 0.25) is 0 Å². The Kier molecular flexibility index (Phi) is 3.63. The minimum atomic E-state index is -1.60. The highest BCUT2D eigenvalue weighted by atomic mass is 127. The van der Waals surface area contributed by atoms with E-state index in [2.05, 4.69) is 0 Å². The molecule has 0 aromatic heterocycles. The van der Waals surface area contributed by atoms with Gasteiger partial charge in [0.05, 0.1) is 14.2 Å². The fraction of sp³-hybridized carbons (Fsp3) is 0. The summed E-state index contributed by atoms with van der Waals surface area (Å²) in [7, 11) is 0. The van der Waals surface area contributed by atoms with Gasteiger partial charge in [0.25, 0.3) is 0 Å². The number of hydrogen-bond donors (Lipinski definition) is 1. The van der Waals surface area contributed by atoms with Gasteiger partial charge < -0.3 is 5.11 Å². The molecule has 0 saturated carbocycles. The molecule has 0 saturated heterocycles. The first-order chi connectivity index (χ1) is 6.06. The normalized spacial score (nSPS) is 10.0. The Labute approximate surface area is 94.3 Å². The summed E-state index contributed by atoms with van der Waals surface area (Å²) < 4.78 is 10.9. The van der Waals surface area contributed by atoms with E-state index in [1.165, 1.54) is 12.1 Å². The summed E-state index contributed by atoms with van der Waals surface area (Å²) in [6.07, 6.45) is 0. The monoisotopic (exact) mass is 332 g/mol. The van der Waals surface area contributed by atoms with Crippen molar-refractivity contribution in [2.75, 3.05) is 0 Å². The van der Waals surface area contributed by atoms with E-state index in [0.29, 0.717) is 0 Å². The van der Waals surface area contributed by atoms with Gasteiger partial charge in [-0.3, -0.25) is 3.07 Å². The van der Waals surface area contributed by atoms with Crippen molar-refractivity contribution in [3.63, 3.8) is 0 Å². The predicted molar refractivity (Wildman–Crippen MR) is 56.8 cm³/mol. The minimum absolute atomic E-state index is 0.0831. The molecule has 0 unspecified atom stereocenters. The lowest BCUT2D eigenvalue weighted by Crippen LogP contribution is -2.00. The van der Waals surface area contributed by atoms with Crippen LogP contribution in [0.1, 0.15) is 10.4 Å². The second-order valence-electron chi connectivity index (χ2n) is 2.13. The van der Waals surface area contributed by atoms with Crippen LogP contribution in [0.25, 0.3) is 0 Å². The highest BCUT2D eigenvalue weighted by Gasteiger charge is 2.14. The van der Waals surface area contributed by atoms with Gasteiger partial charge in [-0.15, -0.1) is 0 Å². The van der Waals surface area contributed by atoms with Crippen molar-refractivity contribution in [1.29, 1.82) is 0 Å². The Bertz CT molecular complexity index is 378. The molecular weight excluding hydrogens is 330 g/mol. The lowest BCUT2D eigenvalue weighted by Gasteiger charge is -2.01. The van der Waals surface area contributed by atoms with E-state index in [4.69, 9.17) is 28.3 Å². The van der Waals surface area contributed by atoms with Gasteiger partial charge in [0, 0.05) is 5.02 Å². The molecule has 0 atom stereocenters. The van der Waals surface area contributed by atoms with Crippen molar-refractivity contribution in [2.24, 2.45) is 0 Å². The van der Waals surface area contributed by atoms with Gasteiger partial charge >= 0.3 is 5.97 Å². The number of rotatable bonds is 2. The quantitative estimate of drug-likeness (QED) is 0.668. The standard InChI is InChI=1S/C7H3Cl2IO3/c8-3-1-4(7(11)12)6(10-13)5(9)2-3/h1-2H,(H,11,12). The van der Waals surface area contributed by atoms with Crippen LogP contribution in [0.2, 0.25) is 10.0 Å². The Hall–Kier alpha value is -0.200. The summed E-state index contributed by atoms with van der Waals surface area (Å²) in [5.74, 6) is -1.17. The molecule has 1 aromatic rings. The zero-order valence-corrected chi connectivity index (χ0v) is 9.72. The van der Waals surface area contributed by atoms with Gasteiger partial charge in [-0.2, -0.15) is 0 Å². The first-order valence-corrected chi connectivity index (χ1v) is 5.77. The largest absolute Gasteiger partial charge is 0.478 e. The highest BCUT2D eigenvalue weighted by Crippen LogP contribution is 2.28. The lowest BCUT2D eigenvalue weighted by atomic mass is 10.2. The van der Waals surface area contributed by atoms with Gasteiger partial charge in [-0.1, -0.05) is 23.2 Å². The SMILES string of the molecule is O=Ic1c(Cl)cc(Cl)cc1C(=O)O. The van der Waals surface area contributed by atoms with Crippen molar-refractivity contribution in [3.8, 4) is 0 Å². The number of aromatic carboxylic acids is 1. The second kappa shape index (κ2) is 4.34. The van der Waals surface area contributed by atoms with E-state index in [0.717, 1.165) is 0 Å². The van der Waals surface area contributed by atoms with E-state index in [1.807, 2.05) is 0 Å². The molecule has 0 aliphatic carbocycles. The fourth-order valence-electron chi connectivity index (χ4n) is 0.790. The van der Waals surface area contributed by atoms with Gasteiger partial charge in [0.15, 0.2) is 21.2 Å². The van der Waals surface area contributed by atoms with Crippen molar-refractivity contribution in [1.82, 2.24) is 0 Å². The van der Waals surface area contributed by atoms with E-state index < -0.39 is 27.2 Å². The molecular formula is C7H3Cl2IO3. The average molecular weight is 333 g/mol. The van der Waals surface area contributed by atoms with Crippen LogP contribution >= 0.6 is 44.4 Å². The Morgan fingerprint density at radius 2 is 2.00 bits per heavy atom. The molecule has 0 spiro atoms. The van der Waals surface area contributed by atoms with Crippen LogP contribution in [0.15, 0.2) is 12.1 Å². The molecule has 0 amide bonds. The maximum absolute atomic E-state index is 10.7. The van der Waals surface area contributed by atoms with E-state index in [9.17, 15) is 7.86 Å². The van der Waals surface area contributed by atoms with E-state index >= 15 is 0 Å². The summed E-state index contributed by atoms with van der Waals surface area (Å²) in [5.41, 5.74) is -0.0831. The molecule has 3 nitrogen and oxygen atoms in total. The molecule has 0 aliphatic rings. The minimum Gasteiger partial charge on any atom is -0.478 e. The average Bonchev–Trinajstić information content (AvgIpc) is 2.02. The van der Waals surface area contributed by atoms with Crippen LogP contribution in [-0.4, -0.2) is 11.1 Å². The van der Waals surface area contributed by atoms with Crippen molar-refractivity contribution < 1.29 is 13.0 Å². The number of carbonyl (C=O) groups is 1. The summed E-state index contributed by atoms with van der Waals surface area (Å²) in [5, 5.41) is 9.08. The molecule has 1 rings (SSSR count). The third kappa shape index (κ3) is 2.38. The van der Waals surface area contributed by atoms with Crippen molar-refractivity contribution in [3.05, 3.63) is 31.3 Å². The number of halogens is 3. The number of carboxylic acid groups (broad SMARTS) is 1. The van der Waals surface area contributed by atoms with Crippen LogP contribution in [0, 0.1) is 3.57 Å². The molecule has 13 heavy (non-hydrogen) atoms. The van der Waals surface area contributed by atoms with E-state index in [1.54, 1.807) is 0 Å². The first kappa shape index (κ1) is 10.9. The molecule has 0 fully saturated rings. The maximum atomic E-state index is 10.7. The number of hydrogen-bond acceptors (Lipinski definition) is 2. The van der Waals surface area contributed by atoms with Gasteiger partial charge in [0.1, 0.15) is 0 Å². The molecule has 1 aromatic carbocycles. The van der Waals surface area contributed by atoms with Gasteiger partial charge in [-0.25, -0.2) is 4.79 Å². The second-order valence-corrected chi connectivity index (χ2v) is 4.49. The zero-order chi connectivity index (χ0) is 10.0. The highest BCUT2D eigenvalue weighted by molar-refractivity contribution is 14.1. The van der Waals surface area contributed by atoms with Crippen LogP contribution in [0.4, 0.5) is 0 Å². The molecule has 0 radical (unpaired) electrons. The van der Waals surface area contributed by atoms with Crippen LogP contribution in [0.3, 0.4) is 0 Å². The van der Waals surface area contributed by atoms with Crippen molar-refractivity contribution in [2.45, 2.75) is 0 Å². The molecule has 1 N–H and O–H groups in total. The third-order valence-electron chi connectivity index (χ3n) is 1.30. The van der Waals surface area contributed by atoms with Crippen LogP contribution in [0.5, 0.6) is 0 Å². The Morgan fingerprint density at radius 1 is 1.38 bits per heavy atom. The predicted octanol–water partition coefficient (Wildman–Crippen LogP) is 3.18. The molecule has 0 aliphatic heterocycles. The number of carboxylic acids is 1. The molecule has 0 bridgehead atoms. The molecule has 70 valence electrons. The molecule has 6 heteroatoms. The van der Waals surface area contributed by atoms with Crippen molar-refractivity contribution >= 4 is 50.4 Å². The third-order valence-corrected chi connectivity index (χ3v) is 3.74. The summed E-state index contributed by atoms with van der Waals surface area (Å²) in [6.45, 7) is 0. The van der Waals surface area contributed by atoms with Crippen LogP contribution in [-0.2, 0) is 3.07 Å². The first-order valence-electron chi connectivity index (χ1n) is 3.05. The van der Waals surface area contributed by atoms with Gasteiger partial charge in [-0.05, 0) is 12.1 Å². The lowest BCUT2D eigenvalue weighted by molar-refractivity contribution is 0.0695. The van der Waals surface area contributed by atoms with E-state index in [-0.39, 0.29) is 19.2 Å². The zero-order valence-electron chi connectivity index (χ0n) is 6.05. The molecule has 0 heterocycles. The Balaban J connectivity index is 3.46. The summed E-state index contributed by atoms with van der Waals surface area (Å²) >= 11 is 9.64. The van der Waals surface area contributed by atoms with Crippen LogP contribution < -0.4 is 0 Å². The number of benzene rings is 1. The fourth-order valence-corrected chi connectivity index (χ4v) is 2.47. The summed E-state index contributed by atoms with van der Waals surface area (Å²) in [6, 6.07) is 2.62. The Morgan fingerprint density at radius 3 is 2.46 bits per heavy atom. The topological polar surface area (TPSA) is 54.4 Å².